The van der Waals surface area contributed by atoms with Crippen molar-refractivity contribution in [1.82, 2.24) is 0 Å². The lowest BCUT2D eigenvalue weighted by Gasteiger charge is -2.21. The first-order valence-electron chi connectivity index (χ1n) is 29.2. The van der Waals surface area contributed by atoms with Crippen LogP contribution >= 0.6 is 7.82 Å². The first-order chi connectivity index (χ1) is 35.2. The number of hydrogen-bond acceptors (Lipinski definition) is 10. The number of unbranched alkanes of at least 4 members (excludes halogenated alkanes) is 27. The van der Waals surface area contributed by atoms with Gasteiger partial charge in [-0.2, -0.15) is 0 Å². The van der Waals surface area contributed by atoms with E-state index in [9.17, 15) is 28.9 Å². The Labute approximate surface area is 440 Å². The van der Waals surface area contributed by atoms with Gasteiger partial charge in [0.15, 0.2) is 6.10 Å². The van der Waals surface area contributed by atoms with Crippen LogP contribution in [0.25, 0.3) is 0 Å². The second-order valence-electron chi connectivity index (χ2n) is 19.4. The third kappa shape index (κ3) is 52.1. The smallest absolute Gasteiger partial charge is 0.462 e. The molecule has 2 N–H and O–H groups in total. The van der Waals surface area contributed by atoms with E-state index in [1.807, 2.05) is 0 Å². The van der Waals surface area contributed by atoms with Crippen molar-refractivity contribution in [2.75, 3.05) is 26.4 Å². The molecule has 0 aromatic heterocycles. The second-order valence-corrected chi connectivity index (χ2v) is 20.9. The highest BCUT2D eigenvalue weighted by atomic mass is 31.2. The highest BCUT2D eigenvalue weighted by Crippen LogP contribution is 2.43. The Kier molecular flexibility index (Phi) is 52.3. The molecule has 72 heavy (non-hydrogen) atoms. The topological polar surface area (TPSA) is 155 Å². The van der Waals surface area contributed by atoms with Gasteiger partial charge in [0.1, 0.15) is 12.7 Å². The summed E-state index contributed by atoms with van der Waals surface area (Å²) in [5.74, 6) is -1.49. The summed E-state index contributed by atoms with van der Waals surface area (Å²) in [6, 6.07) is 0. The zero-order valence-electron chi connectivity index (χ0n) is 46.1. The van der Waals surface area contributed by atoms with E-state index < -0.39 is 57.8 Å². The largest absolute Gasteiger partial charge is 0.472 e. The molecule has 0 aromatic carbocycles. The molecule has 0 saturated heterocycles. The number of phosphoric acid groups is 1. The molecular formula is C60H107O11P. The van der Waals surface area contributed by atoms with Crippen LogP contribution in [0.1, 0.15) is 265 Å². The number of allylic oxidation sites excluding steroid dienone is 10. The Morgan fingerprint density at radius 2 is 0.708 bits per heavy atom. The van der Waals surface area contributed by atoms with Gasteiger partial charge in [-0.05, 0) is 96.3 Å². The highest BCUT2D eigenvalue weighted by Gasteiger charge is 2.28. The van der Waals surface area contributed by atoms with E-state index in [2.05, 4.69) is 81.5 Å². The Hall–Kier alpha value is -2.82. The number of carbonyl (C=O) groups is 3. The van der Waals surface area contributed by atoms with Gasteiger partial charge in [0, 0.05) is 19.3 Å². The summed E-state index contributed by atoms with van der Waals surface area (Å²) >= 11 is 0. The molecule has 0 saturated carbocycles. The average Bonchev–Trinajstić information content (AvgIpc) is 3.37. The summed E-state index contributed by atoms with van der Waals surface area (Å²) < 4.78 is 39.5. The van der Waals surface area contributed by atoms with Crippen molar-refractivity contribution in [2.45, 2.75) is 277 Å². The highest BCUT2D eigenvalue weighted by molar-refractivity contribution is 7.47. The maximum atomic E-state index is 12.9. The van der Waals surface area contributed by atoms with E-state index in [-0.39, 0.29) is 25.9 Å². The first-order valence-corrected chi connectivity index (χ1v) is 30.7. The Morgan fingerprint density at radius 3 is 1.10 bits per heavy atom. The van der Waals surface area contributed by atoms with Crippen LogP contribution in [-0.2, 0) is 42.2 Å². The molecule has 0 bridgehead atoms. The monoisotopic (exact) mass is 1030 g/mol. The van der Waals surface area contributed by atoms with Gasteiger partial charge in [0.05, 0.1) is 19.8 Å². The molecule has 0 amide bonds. The summed E-state index contributed by atoms with van der Waals surface area (Å²) in [6.45, 7) is 4.50. The van der Waals surface area contributed by atoms with Gasteiger partial charge in [-0.15, -0.1) is 0 Å². The summed E-state index contributed by atoms with van der Waals surface area (Å²) in [5, 5.41) is 9.80. The molecule has 0 aliphatic carbocycles. The van der Waals surface area contributed by atoms with Crippen LogP contribution in [-0.4, -0.2) is 66.5 Å². The van der Waals surface area contributed by atoms with Crippen molar-refractivity contribution in [3.05, 3.63) is 60.8 Å². The molecule has 0 radical (unpaired) electrons. The molecule has 0 aromatic rings. The molecule has 0 fully saturated rings. The molecule has 0 aliphatic rings. The molecule has 0 aliphatic heterocycles. The minimum absolute atomic E-state index is 0.160. The third-order valence-corrected chi connectivity index (χ3v) is 13.3. The Bertz CT molecular complexity index is 1440. The summed E-state index contributed by atoms with van der Waals surface area (Å²) in [5.41, 5.74) is 0. The predicted octanol–water partition coefficient (Wildman–Crippen LogP) is 17.1. The predicted molar refractivity (Wildman–Crippen MR) is 298 cm³/mol. The van der Waals surface area contributed by atoms with E-state index in [4.69, 9.17) is 23.3 Å². The van der Waals surface area contributed by atoms with Crippen LogP contribution in [0.3, 0.4) is 0 Å². The van der Waals surface area contributed by atoms with Gasteiger partial charge in [-0.25, -0.2) is 4.57 Å². The Morgan fingerprint density at radius 1 is 0.389 bits per heavy atom. The van der Waals surface area contributed by atoms with Crippen LogP contribution < -0.4 is 0 Å². The molecule has 0 heterocycles. The van der Waals surface area contributed by atoms with Crippen molar-refractivity contribution in [2.24, 2.45) is 0 Å². The minimum Gasteiger partial charge on any atom is -0.462 e. The SMILES string of the molecule is CCC/C=C\C/C=C\CCCCCCCC(=O)OCC(COP(=O)(O)OCC(CO)OC(=O)CCCCCCC/C=C\C/C=C\CCC)OC(=O)CCCCCCCCCCC/C=C\CCCCCCCC. The van der Waals surface area contributed by atoms with Crippen LogP contribution in [0.4, 0.5) is 0 Å². The standard InChI is InChI=1S/C60H107O11P/c1-4-7-10-13-16-19-22-25-26-27-28-29-30-33-36-39-42-45-48-51-60(64)71-57(53-67-58(62)49-46-43-40-37-34-31-23-20-17-14-11-8-5-2)55-69-72(65,66)68-54-56(52-61)70-59(63)50-47-44-41-38-35-32-24-21-18-15-12-9-6-3/h11-12,14-15,20-21,23-26,56-57,61H,4-10,13,16-19,22,27-55H2,1-3H3,(H,65,66)/b14-11-,15-12-,23-20-,24-21-,26-25-. The molecule has 0 rings (SSSR count). The van der Waals surface area contributed by atoms with E-state index in [1.54, 1.807) is 0 Å². The quantitative estimate of drug-likeness (QED) is 0.0197. The van der Waals surface area contributed by atoms with Crippen LogP contribution in [0, 0.1) is 0 Å². The van der Waals surface area contributed by atoms with Crippen molar-refractivity contribution >= 4 is 25.7 Å². The van der Waals surface area contributed by atoms with Crippen molar-refractivity contribution < 1.29 is 52.2 Å². The van der Waals surface area contributed by atoms with Gasteiger partial charge in [-0.1, -0.05) is 210 Å². The number of carbonyl (C=O) groups excluding carboxylic acids is 3. The Balaban J connectivity index is 4.72. The summed E-state index contributed by atoms with van der Waals surface area (Å²) in [7, 11) is -4.75. The van der Waals surface area contributed by atoms with Crippen LogP contribution in [0.15, 0.2) is 60.8 Å². The summed E-state index contributed by atoms with van der Waals surface area (Å²) in [6.07, 6.45) is 58.9. The fraction of sp³-hybridized carbons (Fsp3) is 0.783. The van der Waals surface area contributed by atoms with Gasteiger partial charge in [-0.3, -0.25) is 23.4 Å². The number of hydrogen-bond donors (Lipinski definition) is 2. The number of rotatable bonds is 54. The zero-order chi connectivity index (χ0) is 52.7. The lowest BCUT2D eigenvalue weighted by atomic mass is 10.1. The molecule has 3 unspecified atom stereocenters. The van der Waals surface area contributed by atoms with Crippen molar-refractivity contribution in [1.29, 1.82) is 0 Å². The summed E-state index contributed by atoms with van der Waals surface area (Å²) in [4.78, 5) is 48.5. The van der Waals surface area contributed by atoms with Crippen LogP contribution in [0.5, 0.6) is 0 Å². The van der Waals surface area contributed by atoms with Crippen molar-refractivity contribution in [3.63, 3.8) is 0 Å². The van der Waals surface area contributed by atoms with Gasteiger partial charge in [0.25, 0.3) is 0 Å². The van der Waals surface area contributed by atoms with E-state index >= 15 is 0 Å². The van der Waals surface area contributed by atoms with Crippen molar-refractivity contribution in [3.8, 4) is 0 Å². The number of aliphatic hydroxyl groups excluding tert-OH is 1. The van der Waals surface area contributed by atoms with E-state index in [0.717, 1.165) is 109 Å². The minimum atomic E-state index is -4.75. The molecular weight excluding hydrogens is 928 g/mol. The number of aliphatic hydroxyl groups is 1. The maximum Gasteiger partial charge on any atom is 0.472 e. The molecule has 0 spiro atoms. The van der Waals surface area contributed by atoms with Gasteiger partial charge < -0.3 is 24.2 Å². The van der Waals surface area contributed by atoms with E-state index in [0.29, 0.717) is 19.3 Å². The zero-order valence-corrected chi connectivity index (χ0v) is 47.0. The first kappa shape index (κ1) is 69.2. The third-order valence-electron chi connectivity index (χ3n) is 12.3. The molecule has 418 valence electrons. The van der Waals surface area contributed by atoms with Crippen LogP contribution in [0.2, 0.25) is 0 Å². The molecule has 11 nitrogen and oxygen atoms in total. The fourth-order valence-corrected chi connectivity index (χ4v) is 8.68. The average molecular weight is 1040 g/mol. The molecule has 12 heteroatoms. The lowest BCUT2D eigenvalue weighted by molar-refractivity contribution is -0.161. The molecule has 3 atom stereocenters. The fourth-order valence-electron chi connectivity index (χ4n) is 7.90. The normalized spacial score (nSPS) is 13.8. The van der Waals surface area contributed by atoms with Gasteiger partial charge in [0.2, 0.25) is 0 Å². The lowest BCUT2D eigenvalue weighted by Crippen LogP contribution is -2.30. The van der Waals surface area contributed by atoms with E-state index in [1.165, 1.54) is 96.3 Å². The number of phosphoric ester groups is 1. The second kappa shape index (κ2) is 54.4. The van der Waals surface area contributed by atoms with Gasteiger partial charge >= 0.3 is 25.7 Å². The maximum absolute atomic E-state index is 12.9. The number of esters is 3. The number of ether oxygens (including phenoxy) is 3.